The van der Waals surface area contributed by atoms with Crippen LogP contribution in [0.15, 0.2) is 60.8 Å². The lowest BCUT2D eigenvalue weighted by Gasteiger charge is -2.27. The minimum absolute atomic E-state index is 0.403. The predicted octanol–water partition coefficient (Wildman–Crippen LogP) is 6.08. The van der Waals surface area contributed by atoms with E-state index in [1.54, 1.807) is 11.1 Å². The van der Waals surface area contributed by atoms with Crippen LogP contribution in [-0.4, -0.2) is 68.3 Å². The number of thioether (sulfide) groups is 1. The van der Waals surface area contributed by atoms with Crippen molar-refractivity contribution in [2.45, 2.75) is 39.0 Å². The van der Waals surface area contributed by atoms with E-state index in [0.29, 0.717) is 36.2 Å². The minimum Gasteiger partial charge on any atom is -0.351 e. The number of nitrogens with one attached hydrogen (secondary N) is 1. The molecule has 0 unspecified atom stereocenters. The van der Waals surface area contributed by atoms with Crippen LogP contribution in [0.2, 0.25) is 10.0 Å². The average molecular weight is 651 g/mol. The van der Waals surface area contributed by atoms with Crippen molar-refractivity contribution in [2.75, 3.05) is 37.7 Å². The molecule has 0 bridgehead atoms. The van der Waals surface area contributed by atoms with Gasteiger partial charge in [-0.05, 0) is 60.5 Å². The molecule has 0 spiro atoms. The number of nitrogens with two attached hydrogens (primary N) is 1. The van der Waals surface area contributed by atoms with Crippen LogP contribution in [0.1, 0.15) is 28.9 Å². The Morgan fingerprint density at radius 2 is 1.77 bits per heavy atom. The highest BCUT2D eigenvalue weighted by atomic mass is 35.5. The molecule has 0 radical (unpaired) electrons. The Labute approximate surface area is 272 Å². The third kappa shape index (κ3) is 7.24. The van der Waals surface area contributed by atoms with Crippen LogP contribution in [0.4, 0.5) is 4.79 Å². The molecule has 0 saturated carbocycles. The molecule has 2 aromatic carbocycles. The van der Waals surface area contributed by atoms with Gasteiger partial charge in [-0.1, -0.05) is 41.4 Å². The highest BCUT2D eigenvalue weighted by Crippen LogP contribution is 2.37. The molecule has 8 nitrogen and oxygen atoms in total. The number of rotatable bonds is 10. The maximum absolute atomic E-state index is 12.1. The van der Waals surface area contributed by atoms with Gasteiger partial charge >= 0.3 is 6.03 Å². The highest BCUT2D eigenvalue weighted by molar-refractivity contribution is 7.99. The first-order chi connectivity index (χ1) is 21.5. The number of urea groups is 1. The molecule has 1 fully saturated rings. The maximum Gasteiger partial charge on any atom is 0.315 e. The van der Waals surface area contributed by atoms with Gasteiger partial charge in [0.25, 0.3) is 0 Å². The van der Waals surface area contributed by atoms with Gasteiger partial charge in [-0.15, -0.1) is 0 Å². The highest BCUT2D eigenvalue weighted by Gasteiger charge is 2.27. The summed E-state index contributed by atoms with van der Waals surface area (Å²) in [6.45, 7) is 6.51. The van der Waals surface area contributed by atoms with E-state index in [1.807, 2.05) is 54.2 Å². The molecule has 230 valence electrons. The number of pyridine rings is 1. The van der Waals surface area contributed by atoms with Gasteiger partial charge in [0.2, 0.25) is 0 Å². The van der Waals surface area contributed by atoms with E-state index in [9.17, 15) is 4.79 Å². The van der Waals surface area contributed by atoms with E-state index in [-0.39, 0.29) is 0 Å². The molecule has 2 amide bonds. The van der Waals surface area contributed by atoms with Crippen molar-refractivity contribution >= 4 is 41.0 Å². The third-order valence-corrected chi connectivity index (χ3v) is 9.98. The van der Waals surface area contributed by atoms with Gasteiger partial charge < -0.3 is 20.9 Å². The molecule has 4 aromatic rings. The number of carbonyl (C=O) groups excluding carboxylic acids is 1. The predicted molar refractivity (Wildman–Crippen MR) is 180 cm³/mol. The van der Waals surface area contributed by atoms with E-state index < -0.39 is 6.03 Å². The molecule has 3 N–H and O–H groups in total. The number of benzene rings is 2. The van der Waals surface area contributed by atoms with E-state index in [0.717, 1.165) is 78.2 Å². The zero-order valence-electron chi connectivity index (χ0n) is 24.6. The Bertz CT molecular complexity index is 1610. The monoisotopic (exact) mass is 649 g/mol. The number of nitrogens with zero attached hydrogens (tertiary/aromatic N) is 5. The van der Waals surface area contributed by atoms with Crippen LogP contribution in [-0.2, 0) is 32.6 Å². The molecule has 6 rings (SSSR count). The fourth-order valence-electron chi connectivity index (χ4n) is 5.96. The molecule has 1 saturated heterocycles. The zero-order chi connectivity index (χ0) is 30.5. The summed E-state index contributed by atoms with van der Waals surface area (Å²) in [4.78, 5) is 20.8. The first kappa shape index (κ1) is 30.9. The van der Waals surface area contributed by atoms with E-state index in [2.05, 4.69) is 32.0 Å². The number of hydrogen-bond donors (Lipinski definition) is 2. The Balaban J connectivity index is 1.26. The van der Waals surface area contributed by atoms with Crippen molar-refractivity contribution < 1.29 is 4.79 Å². The van der Waals surface area contributed by atoms with Crippen LogP contribution in [0.25, 0.3) is 22.4 Å². The van der Waals surface area contributed by atoms with Crippen molar-refractivity contribution in [1.29, 1.82) is 0 Å². The van der Waals surface area contributed by atoms with Gasteiger partial charge in [0, 0.05) is 95.8 Å². The number of halogens is 2. The lowest BCUT2D eigenvalue weighted by molar-refractivity contribution is 0.201. The number of aromatic nitrogens is 3. The van der Waals surface area contributed by atoms with Crippen molar-refractivity contribution in [3.63, 3.8) is 0 Å². The fourth-order valence-corrected chi connectivity index (χ4v) is 7.35. The lowest BCUT2D eigenvalue weighted by Crippen LogP contribution is -2.39. The van der Waals surface area contributed by atoms with Crippen LogP contribution < -0.4 is 11.1 Å². The Morgan fingerprint density at radius 1 is 0.955 bits per heavy atom. The molecule has 44 heavy (non-hydrogen) atoms. The summed E-state index contributed by atoms with van der Waals surface area (Å²) in [5, 5.41) is 9.92. The normalized spacial score (nSPS) is 15.4. The van der Waals surface area contributed by atoms with Crippen LogP contribution in [0, 0.1) is 0 Å². The molecular weight excluding hydrogens is 613 g/mol. The molecule has 2 aromatic heterocycles. The summed E-state index contributed by atoms with van der Waals surface area (Å²) in [7, 11) is 0. The second-order valence-electron chi connectivity index (χ2n) is 11.2. The summed E-state index contributed by atoms with van der Waals surface area (Å²) < 4.78 is 2.16. The molecule has 0 aliphatic carbocycles. The Hall–Kier alpha value is -3.08. The molecule has 4 heterocycles. The minimum atomic E-state index is -0.403. The number of hydrogen-bond acceptors (Lipinski definition) is 6. The SMILES string of the molecule is NC(=O)N1CCc2c(c(-c3ccc(Cl)c(-c4ccc(Cl)c(CNCc5ccccn5)c4)c3)nn2CCCN2CCSCC2)C1. The van der Waals surface area contributed by atoms with Gasteiger partial charge in [-0.25, -0.2) is 4.79 Å². The first-order valence-corrected chi connectivity index (χ1v) is 17.0. The van der Waals surface area contributed by atoms with Gasteiger partial charge in [0.1, 0.15) is 0 Å². The van der Waals surface area contributed by atoms with Crippen molar-refractivity contribution in [3.05, 3.63) is 93.4 Å². The molecule has 0 atom stereocenters. The van der Waals surface area contributed by atoms with Crippen LogP contribution >= 0.6 is 35.0 Å². The molecular formula is C33H37Cl2N7OS. The first-order valence-electron chi connectivity index (χ1n) is 15.1. The summed E-state index contributed by atoms with van der Waals surface area (Å²) in [6, 6.07) is 17.5. The maximum atomic E-state index is 12.1. The standard InChI is InChI=1S/C33H37Cl2N7OS/c34-29-7-5-23(18-25(29)20-37-21-26-4-1-2-10-38-26)27-19-24(6-8-30(27)35)32-28-22-41(33(36)43)13-9-31(28)42(39-32)12-3-11-40-14-16-44-17-15-40/h1-2,4-8,10,18-19,37H,3,9,11-17,20-22H2,(H2,36,43). The van der Waals surface area contributed by atoms with E-state index in [4.69, 9.17) is 34.0 Å². The summed E-state index contributed by atoms with van der Waals surface area (Å²) in [5.41, 5.74) is 13.6. The number of aryl methyl sites for hydroxylation is 1. The van der Waals surface area contributed by atoms with E-state index in [1.165, 1.54) is 17.2 Å². The average Bonchev–Trinajstić information content (AvgIpc) is 3.41. The summed E-state index contributed by atoms with van der Waals surface area (Å²) in [5.74, 6) is 2.42. The smallest absolute Gasteiger partial charge is 0.315 e. The number of fused-ring (bicyclic) bond motifs is 1. The topological polar surface area (TPSA) is 92.3 Å². The number of amides is 2. The largest absolute Gasteiger partial charge is 0.351 e. The van der Waals surface area contributed by atoms with Gasteiger partial charge in [-0.3, -0.25) is 9.67 Å². The lowest BCUT2D eigenvalue weighted by atomic mass is 9.96. The number of carbonyl (C=O) groups is 1. The van der Waals surface area contributed by atoms with Crippen LogP contribution in [0.5, 0.6) is 0 Å². The van der Waals surface area contributed by atoms with Crippen LogP contribution in [0.3, 0.4) is 0 Å². The fraction of sp³-hybridized carbons (Fsp3) is 0.364. The Kier molecular flexibility index (Phi) is 10.1. The van der Waals surface area contributed by atoms with Crippen molar-refractivity contribution in [2.24, 2.45) is 5.73 Å². The zero-order valence-corrected chi connectivity index (χ0v) is 27.0. The summed E-state index contributed by atoms with van der Waals surface area (Å²) in [6.07, 6.45) is 3.56. The third-order valence-electron chi connectivity index (χ3n) is 8.34. The van der Waals surface area contributed by atoms with Gasteiger partial charge in [-0.2, -0.15) is 16.9 Å². The number of primary amides is 1. The quantitative estimate of drug-likeness (QED) is 0.216. The Morgan fingerprint density at radius 3 is 2.57 bits per heavy atom. The van der Waals surface area contributed by atoms with E-state index >= 15 is 0 Å². The second-order valence-corrected chi connectivity index (χ2v) is 13.3. The van der Waals surface area contributed by atoms with Gasteiger partial charge in [0.15, 0.2) is 0 Å². The summed E-state index contributed by atoms with van der Waals surface area (Å²) >= 11 is 15.4. The molecule has 2 aliphatic heterocycles. The van der Waals surface area contributed by atoms with Crippen molar-refractivity contribution in [1.82, 2.24) is 29.9 Å². The van der Waals surface area contributed by atoms with Gasteiger partial charge in [0.05, 0.1) is 17.9 Å². The van der Waals surface area contributed by atoms with Crippen molar-refractivity contribution in [3.8, 4) is 22.4 Å². The second kappa shape index (κ2) is 14.3. The molecule has 2 aliphatic rings. The molecule has 11 heteroatoms.